The van der Waals surface area contributed by atoms with Crippen molar-refractivity contribution in [3.05, 3.63) is 71.9 Å². The van der Waals surface area contributed by atoms with E-state index in [1.54, 1.807) is 29.2 Å². The van der Waals surface area contributed by atoms with E-state index >= 15 is 0 Å². The van der Waals surface area contributed by atoms with Crippen LogP contribution in [0.25, 0.3) is 0 Å². The molecule has 0 unspecified atom stereocenters. The van der Waals surface area contributed by atoms with Gasteiger partial charge < -0.3 is 10.6 Å². The number of hydrogen-bond donors (Lipinski definition) is 1. The molecule has 2 N–H and O–H groups in total. The Morgan fingerprint density at radius 2 is 1.86 bits per heavy atom. The summed E-state index contributed by atoms with van der Waals surface area (Å²) in [4.78, 5) is 24.6. The molecule has 2 aromatic carbocycles. The molecule has 9 heteroatoms. The maximum absolute atomic E-state index is 13.4. The lowest BCUT2D eigenvalue weighted by Crippen LogP contribution is -2.45. The van der Waals surface area contributed by atoms with Crippen LogP contribution in [-0.4, -0.2) is 35.6 Å². The molecule has 148 valence electrons. The molecule has 0 fully saturated rings. The summed E-state index contributed by atoms with van der Waals surface area (Å²) < 4.78 is 23.9. The Morgan fingerprint density at radius 3 is 2.55 bits per heavy atom. The van der Waals surface area contributed by atoms with Crippen molar-refractivity contribution >= 4 is 33.1 Å². The van der Waals surface area contributed by atoms with E-state index in [4.69, 9.17) is 5.73 Å². The molecule has 0 spiro atoms. The van der Waals surface area contributed by atoms with Gasteiger partial charge in [-0.25, -0.2) is 23.1 Å². The molecule has 4 rings (SSSR count). The molecule has 0 saturated heterocycles. The van der Waals surface area contributed by atoms with Gasteiger partial charge in [0.15, 0.2) is 5.82 Å². The third-order valence-corrected chi connectivity index (χ3v) is 5.39. The molecule has 3 aromatic rings. The summed E-state index contributed by atoms with van der Waals surface area (Å²) in [7, 11) is -3.63. The average molecular weight is 409 g/mol. The SMILES string of the molecule is CS(=O)(=O)c1ncc2c(n1)N(c1cccc(N)c1)C(=O)N(Cc1ccccc1)C2. The van der Waals surface area contributed by atoms with Gasteiger partial charge in [-0.15, -0.1) is 0 Å². The Labute approximate surface area is 168 Å². The van der Waals surface area contributed by atoms with Crippen LogP contribution in [0, 0.1) is 0 Å². The zero-order chi connectivity index (χ0) is 20.6. The lowest BCUT2D eigenvalue weighted by Gasteiger charge is -2.36. The highest BCUT2D eigenvalue weighted by Gasteiger charge is 2.34. The lowest BCUT2D eigenvalue weighted by molar-refractivity contribution is 0.198. The third-order valence-electron chi connectivity index (χ3n) is 4.53. The largest absolute Gasteiger partial charge is 0.399 e. The van der Waals surface area contributed by atoms with Crippen LogP contribution in [0.5, 0.6) is 0 Å². The first-order valence-corrected chi connectivity index (χ1v) is 10.8. The average Bonchev–Trinajstić information content (AvgIpc) is 2.68. The zero-order valence-electron chi connectivity index (χ0n) is 15.7. The first-order valence-electron chi connectivity index (χ1n) is 8.87. The number of sulfone groups is 1. The predicted molar refractivity (Wildman–Crippen MR) is 109 cm³/mol. The number of aromatic nitrogens is 2. The molecule has 1 aliphatic heterocycles. The molecule has 0 aliphatic carbocycles. The minimum atomic E-state index is -3.63. The second kappa shape index (κ2) is 7.17. The van der Waals surface area contributed by atoms with E-state index in [1.807, 2.05) is 30.3 Å². The van der Waals surface area contributed by atoms with Crippen molar-refractivity contribution in [3.8, 4) is 0 Å². The van der Waals surface area contributed by atoms with Crippen LogP contribution < -0.4 is 10.6 Å². The Kier molecular flexibility index (Phi) is 4.67. The van der Waals surface area contributed by atoms with E-state index < -0.39 is 9.84 Å². The van der Waals surface area contributed by atoms with Crippen LogP contribution in [0.15, 0.2) is 66.0 Å². The fourth-order valence-electron chi connectivity index (χ4n) is 3.20. The monoisotopic (exact) mass is 409 g/mol. The summed E-state index contributed by atoms with van der Waals surface area (Å²) in [5.74, 6) is 0.250. The molecule has 1 aliphatic rings. The Hall–Kier alpha value is -3.46. The number of fused-ring (bicyclic) bond motifs is 1. The van der Waals surface area contributed by atoms with Gasteiger partial charge in [0, 0.05) is 30.2 Å². The lowest BCUT2D eigenvalue weighted by atomic mass is 10.1. The van der Waals surface area contributed by atoms with Crippen molar-refractivity contribution in [3.63, 3.8) is 0 Å². The summed E-state index contributed by atoms with van der Waals surface area (Å²) in [6.07, 6.45) is 2.49. The summed E-state index contributed by atoms with van der Waals surface area (Å²) in [6, 6.07) is 16.1. The molecule has 8 nitrogen and oxygen atoms in total. The number of rotatable bonds is 4. The van der Waals surface area contributed by atoms with Gasteiger partial charge in [0.2, 0.25) is 15.0 Å². The fraction of sp³-hybridized carbons (Fsp3) is 0.150. The minimum absolute atomic E-state index is 0.250. The van der Waals surface area contributed by atoms with Gasteiger partial charge in [0.05, 0.1) is 12.2 Å². The van der Waals surface area contributed by atoms with Gasteiger partial charge in [0.25, 0.3) is 0 Å². The van der Waals surface area contributed by atoms with E-state index in [2.05, 4.69) is 9.97 Å². The second-order valence-corrected chi connectivity index (χ2v) is 8.74. The summed E-state index contributed by atoms with van der Waals surface area (Å²) >= 11 is 0. The summed E-state index contributed by atoms with van der Waals surface area (Å²) in [6.45, 7) is 0.664. The van der Waals surface area contributed by atoms with E-state index in [9.17, 15) is 13.2 Å². The second-order valence-electron chi connectivity index (χ2n) is 6.83. The Morgan fingerprint density at radius 1 is 1.10 bits per heavy atom. The van der Waals surface area contributed by atoms with Crippen LogP contribution in [0.3, 0.4) is 0 Å². The molecule has 0 bridgehead atoms. The topological polar surface area (TPSA) is 109 Å². The van der Waals surface area contributed by atoms with Crippen LogP contribution in [0.4, 0.5) is 22.0 Å². The van der Waals surface area contributed by atoms with E-state index in [0.717, 1.165) is 11.8 Å². The van der Waals surface area contributed by atoms with Crippen LogP contribution >= 0.6 is 0 Å². The van der Waals surface area contributed by atoms with Crippen molar-refractivity contribution in [2.45, 2.75) is 18.2 Å². The Balaban J connectivity index is 1.83. The molecule has 0 radical (unpaired) electrons. The van der Waals surface area contributed by atoms with Crippen LogP contribution in [0.2, 0.25) is 0 Å². The van der Waals surface area contributed by atoms with Crippen LogP contribution in [0.1, 0.15) is 11.1 Å². The van der Waals surface area contributed by atoms with Gasteiger partial charge in [-0.1, -0.05) is 36.4 Å². The van der Waals surface area contributed by atoms with Crippen molar-refractivity contribution in [1.82, 2.24) is 14.9 Å². The highest BCUT2D eigenvalue weighted by Crippen LogP contribution is 2.34. The number of amides is 2. The number of nitrogens with zero attached hydrogens (tertiary/aromatic N) is 4. The molecule has 2 heterocycles. The third kappa shape index (κ3) is 3.77. The number of benzene rings is 2. The number of carbonyl (C=O) groups excluding carboxylic acids is 1. The quantitative estimate of drug-likeness (QED) is 0.524. The number of nitrogens with two attached hydrogens (primary N) is 1. The number of carbonyl (C=O) groups is 1. The van der Waals surface area contributed by atoms with Gasteiger partial charge in [0.1, 0.15) is 0 Å². The highest BCUT2D eigenvalue weighted by atomic mass is 32.2. The van der Waals surface area contributed by atoms with Gasteiger partial charge in [-0.05, 0) is 23.8 Å². The summed E-state index contributed by atoms with van der Waals surface area (Å²) in [5.41, 5.74) is 8.52. The molecular formula is C20H19N5O3S. The van der Waals surface area contributed by atoms with E-state index in [-0.39, 0.29) is 23.6 Å². The van der Waals surface area contributed by atoms with Crippen LogP contribution in [-0.2, 0) is 22.9 Å². The van der Waals surface area contributed by atoms with Crippen molar-refractivity contribution in [2.75, 3.05) is 16.9 Å². The van der Waals surface area contributed by atoms with Gasteiger partial charge in [-0.3, -0.25) is 0 Å². The molecule has 0 atom stereocenters. The molecule has 0 saturated carbocycles. The van der Waals surface area contributed by atoms with E-state index in [1.165, 1.54) is 11.1 Å². The molecule has 1 aromatic heterocycles. The first-order chi connectivity index (χ1) is 13.8. The predicted octanol–water partition coefficient (Wildman–Crippen LogP) is 2.74. The molecular weight excluding hydrogens is 390 g/mol. The molecule has 2 amide bonds. The number of anilines is 3. The van der Waals surface area contributed by atoms with Gasteiger partial charge >= 0.3 is 6.03 Å². The van der Waals surface area contributed by atoms with Crippen molar-refractivity contribution in [2.24, 2.45) is 0 Å². The Bertz CT molecular complexity index is 1180. The smallest absolute Gasteiger partial charge is 0.330 e. The maximum atomic E-state index is 13.4. The van der Waals surface area contributed by atoms with Crippen molar-refractivity contribution < 1.29 is 13.2 Å². The highest BCUT2D eigenvalue weighted by molar-refractivity contribution is 7.90. The number of hydrogen-bond acceptors (Lipinski definition) is 6. The fourth-order valence-corrected chi connectivity index (χ4v) is 3.69. The summed E-state index contributed by atoms with van der Waals surface area (Å²) in [5, 5.41) is -0.325. The number of urea groups is 1. The normalized spacial score (nSPS) is 14.0. The minimum Gasteiger partial charge on any atom is -0.399 e. The number of nitrogen functional groups attached to an aromatic ring is 1. The van der Waals surface area contributed by atoms with Crippen molar-refractivity contribution in [1.29, 1.82) is 0 Å². The maximum Gasteiger partial charge on any atom is 0.330 e. The molecule has 29 heavy (non-hydrogen) atoms. The van der Waals surface area contributed by atoms with E-state index in [0.29, 0.717) is 23.5 Å². The zero-order valence-corrected chi connectivity index (χ0v) is 16.5. The first kappa shape index (κ1) is 18.9. The standard InChI is InChI=1S/C20H19N5O3S/c1-29(27,28)19-22-11-15-13-24(12-14-6-3-2-4-7-14)20(26)25(18(15)23-19)17-9-5-8-16(21)10-17/h2-11H,12-13,21H2,1H3. The van der Waals surface area contributed by atoms with Gasteiger partial charge in [-0.2, -0.15) is 4.98 Å².